The number of aliphatic hydroxyl groups is 2. The molecule has 0 saturated heterocycles. The number of hydrogen-bond donors (Lipinski definition) is 3. The molecular formula is C12H21NO2S. The molecule has 1 atom stereocenters. The molecule has 0 radical (unpaired) electrons. The molecule has 0 aliphatic rings. The van der Waals surface area contributed by atoms with E-state index in [9.17, 15) is 5.11 Å². The Morgan fingerprint density at radius 2 is 2.06 bits per heavy atom. The van der Waals surface area contributed by atoms with Gasteiger partial charge in [-0.05, 0) is 30.8 Å². The molecule has 1 unspecified atom stereocenters. The lowest BCUT2D eigenvalue weighted by Gasteiger charge is -2.09. The van der Waals surface area contributed by atoms with Gasteiger partial charge in [-0.3, -0.25) is 0 Å². The van der Waals surface area contributed by atoms with Crippen molar-refractivity contribution in [2.24, 2.45) is 0 Å². The average Bonchev–Trinajstić information content (AvgIpc) is 2.81. The maximum absolute atomic E-state index is 9.77. The fourth-order valence-corrected chi connectivity index (χ4v) is 2.25. The van der Waals surface area contributed by atoms with Gasteiger partial charge in [0, 0.05) is 18.0 Å². The van der Waals surface area contributed by atoms with E-state index in [1.54, 1.807) is 11.3 Å². The summed E-state index contributed by atoms with van der Waals surface area (Å²) in [6.45, 7) is 1.86. The molecule has 16 heavy (non-hydrogen) atoms. The van der Waals surface area contributed by atoms with Crippen LogP contribution in [-0.2, 0) is 0 Å². The van der Waals surface area contributed by atoms with Crippen molar-refractivity contribution in [2.45, 2.75) is 31.8 Å². The Labute approximate surface area is 101 Å². The average molecular weight is 243 g/mol. The van der Waals surface area contributed by atoms with Crippen LogP contribution in [0.5, 0.6) is 0 Å². The van der Waals surface area contributed by atoms with Crippen LogP contribution in [0, 0.1) is 0 Å². The molecule has 4 heteroatoms. The van der Waals surface area contributed by atoms with Gasteiger partial charge < -0.3 is 15.5 Å². The lowest BCUT2D eigenvalue weighted by atomic mass is 10.2. The minimum Gasteiger partial charge on any atom is -0.396 e. The van der Waals surface area contributed by atoms with Crippen LogP contribution in [0.4, 0.5) is 0 Å². The van der Waals surface area contributed by atoms with E-state index in [0.29, 0.717) is 13.2 Å². The Kier molecular flexibility index (Phi) is 7.42. The van der Waals surface area contributed by atoms with Crippen LogP contribution in [0.1, 0.15) is 36.7 Å². The molecule has 3 N–H and O–H groups in total. The topological polar surface area (TPSA) is 52.5 Å². The third kappa shape index (κ3) is 5.61. The van der Waals surface area contributed by atoms with Crippen LogP contribution >= 0.6 is 11.3 Å². The molecule has 0 aromatic carbocycles. The quantitative estimate of drug-likeness (QED) is 0.581. The Bertz CT molecular complexity index is 252. The third-order valence-electron chi connectivity index (χ3n) is 2.47. The van der Waals surface area contributed by atoms with E-state index >= 15 is 0 Å². The standard InChI is InChI=1S/C12H21NO2S/c14-8-4-2-1-3-7-13-10-11(15)12-6-5-9-16-12/h5-6,9,11,13-15H,1-4,7-8,10H2. The lowest BCUT2D eigenvalue weighted by Crippen LogP contribution is -2.22. The van der Waals surface area contributed by atoms with Gasteiger partial charge in [-0.15, -0.1) is 11.3 Å². The van der Waals surface area contributed by atoms with Gasteiger partial charge in [0.1, 0.15) is 6.10 Å². The van der Waals surface area contributed by atoms with E-state index in [4.69, 9.17) is 5.11 Å². The van der Waals surface area contributed by atoms with Crippen LogP contribution in [0.3, 0.4) is 0 Å². The number of hydrogen-bond acceptors (Lipinski definition) is 4. The molecule has 0 fully saturated rings. The van der Waals surface area contributed by atoms with Gasteiger partial charge in [0.2, 0.25) is 0 Å². The first-order chi connectivity index (χ1) is 7.84. The minimum absolute atomic E-state index is 0.296. The van der Waals surface area contributed by atoms with Gasteiger partial charge in [0.25, 0.3) is 0 Å². The van der Waals surface area contributed by atoms with Crippen molar-refractivity contribution in [3.8, 4) is 0 Å². The van der Waals surface area contributed by atoms with Crippen molar-refractivity contribution in [3.63, 3.8) is 0 Å². The van der Waals surface area contributed by atoms with Crippen molar-refractivity contribution in [1.29, 1.82) is 0 Å². The normalized spacial score (nSPS) is 12.9. The molecule has 0 saturated carbocycles. The summed E-state index contributed by atoms with van der Waals surface area (Å²) in [7, 11) is 0. The Morgan fingerprint density at radius 3 is 2.75 bits per heavy atom. The molecule has 0 amide bonds. The van der Waals surface area contributed by atoms with Crippen LogP contribution < -0.4 is 5.32 Å². The first kappa shape index (κ1) is 13.6. The predicted octanol–water partition coefficient (Wildman–Crippen LogP) is 1.92. The maximum atomic E-state index is 9.77. The summed E-state index contributed by atoms with van der Waals surface area (Å²) in [5.41, 5.74) is 0. The molecule has 1 heterocycles. The molecule has 3 nitrogen and oxygen atoms in total. The minimum atomic E-state index is -0.377. The number of aliphatic hydroxyl groups excluding tert-OH is 2. The molecule has 0 aliphatic carbocycles. The zero-order valence-corrected chi connectivity index (χ0v) is 10.4. The van der Waals surface area contributed by atoms with Crippen molar-refractivity contribution in [2.75, 3.05) is 19.7 Å². The highest BCUT2D eigenvalue weighted by molar-refractivity contribution is 7.10. The second-order valence-electron chi connectivity index (χ2n) is 3.87. The molecule has 92 valence electrons. The molecule has 1 aromatic rings. The molecule has 0 aliphatic heterocycles. The van der Waals surface area contributed by atoms with Crippen molar-refractivity contribution in [3.05, 3.63) is 22.4 Å². The highest BCUT2D eigenvalue weighted by Crippen LogP contribution is 2.17. The number of unbranched alkanes of at least 4 members (excludes halogenated alkanes) is 3. The summed E-state index contributed by atoms with van der Waals surface area (Å²) < 4.78 is 0. The van der Waals surface area contributed by atoms with E-state index in [-0.39, 0.29) is 6.10 Å². The summed E-state index contributed by atoms with van der Waals surface area (Å²) in [5, 5.41) is 23.6. The highest BCUT2D eigenvalue weighted by atomic mass is 32.1. The smallest absolute Gasteiger partial charge is 0.101 e. The lowest BCUT2D eigenvalue weighted by molar-refractivity contribution is 0.178. The van der Waals surface area contributed by atoms with Crippen LogP contribution in [0.15, 0.2) is 17.5 Å². The van der Waals surface area contributed by atoms with Gasteiger partial charge in [0.15, 0.2) is 0 Å². The molecule has 1 rings (SSSR count). The van der Waals surface area contributed by atoms with E-state index in [2.05, 4.69) is 5.32 Å². The number of rotatable bonds is 9. The molecule has 1 aromatic heterocycles. The summed E-state index contributed by atoms with van der Waals surface area (Å²) in [6.07, 6.45) is 3.86. The zero-order valence-electron chi connectivity index (χ0n) is 9.56. The van der Waals surface area contributed by atoms with Gasteiger partial charge in [0.05, 0.1) is 0 Å². The Morgan fingerprint density at radius 1 is 1.25 bits per heavy atom. The van der Waals surface area contributed by atoms with E-state index in [1.165, 1.54) is 0 Å². The van der Waals surface area contributed by atoms with E-state index in [0.717, 1.165) is 37.1 Å². The van der Waals surface area contributed by atoms with Gasteiger partial charge in [-0.25, -0.2) is 0 Å². The predicted molar refractivity (Wildman–Crippen MR) is 67.7 cm³/mol. The SMILES string of the molecule is OCCCCCCNCC(O)c1cccs1. The largest absolute Gasteiger partial charge is 0.396 e. The molecular weight excluding hydrogens is 222 g/mol. The second-order valence-corrected chi connectivity index (χ2v) is 4.85. The Balaban J connectivity index is 1.95. The first-order valence-electron chi connectivity index (χ1n) is 5.87. The van der Waals surface area contributed by atoms with Crippen LogP contribution in [-0.4, -0.2) is 29.9 Å². The highest BCUT2D eigenvalue weighted by Gasteiger charge is 2.06. The van der Waals surface area contributed by atoms with Crippen LogP contribution in [0.2, 0.25) is 0 Å². The summed E-state index contributed by atoms with van der Waals surface area (Å²) in [6, 6.07) is 3.91. The molecule has 0 spiro atoms. The third-order valence-corrected chi connectivity index (χ3v) is 3.44. The number of thiophene rings is 1. The molecule has 0 bridgehead atoms. The van der Waals surface area contributed by atoms with Gasteiger partial charge in [-0.2, -0.15) is 0 Å². The Hall–Kier alpha value is -0.420. The summed E-state index contributed by atoms with van der Waals surface area (Å²) in [5.74, 6) is 0. The summed E-state index contributed by atoms with van der Waals surface area (Å²) >= 11 is 1.59. The fourth-order valence-electron chi connectivity index (χ4n) is 1.54. The van der Waals surface area contributed by atoms with Crippen molar-refractivity contribution < 1.29 is 10.2 Å². The zero-order chi connectivity index (χ0) is 11.6. The number of nitrogens with one attached hydrogen (secondary N) is 1. The van der Waals surface area contributed by atoms with E-state index < -0.39 is 0 Å². The fraction of sp³-hybridized carbons (Fsp3) is 0.667. The van der Waals surface area contributed by atoms with Crippen molar-refractivity contribution >= 4 is 11.3 Å². The maximum Gasteiger partial charge on any atom is 0.101 e. The van der Waals surface area contributed by atoms with Crippen molar-refractivity contribution in [1.82, 2.24) is 5.32 Å². The summed E-state index contributed by atoms with van der Waals surface area (Å²) in [4.78, 5) is 1.02. The second kappa shape index (κ2) is 8.70. The van der Waals surface area contributed by atoms with Crippen LogP contribution in [0.25, 0.3) is 0 Å². The van der Waals surface area contributed by atoms with Gasteiger partial charge in [-0.1, -0.05) is 18.9 Å². The van der Waals surface area contributed by atoms with E-state index in [1.807, 2.05) is 17.5 Å². The van der Waals surface area contributed by atoms with Gasteiger partial charge >= 0.3 is 0 Å². The first-order valence-corrected chi connectivity index (χ1v) is 6.75. The monoisotopic (exact) mass is 243 g/mol.